The lowest BCUT2D eigenvalue weighted by molar-refractivity contribution is -0.141. The third-order valence-electron chi connectivity index (χ3n) is 4.39. The zero-order valence-electron chi connectivity index (χ0n) is 15.0. The molecule has 0 saturated carbocycles. The summed E-state index contributed by atoms with van der Waals surface area (Å²) in [6, 6.07) is 14.3. The van der Waals surface area contributed by atoms with E-state index in [4.69, 9.17) is 11.6 Å². The Morgan fingerprint density at radius 1 is 1.03 bits per heavy atom. The molecule has 2 heterocycles. The van der Waals surface area contributed by atoms with E-state index in [0.29, 0.717) is 27.7 Å². The molecular formula is C20H13BrClF3N4. The number of aryl methyl sites for hydroxylation is 1. The SMILES string of the molecule is Cc1nc(C(F)(F)F)cn1-c1ccc(Br)cc1-c1ccnn1-c1ccccc1Cl. The maximum atomic E-state index is 13.2. The van der Waals surface area contributed by atoms with Crippen molar-refractivity contribution >= 4 is 27.5 Å². The predicted octanol–water partition coefficient (Wildman–Crippen LogP) is 6.47. The van der Waals surface area contributed by atoms with Crippen LogP contribution < -0.4 is 0 Å². The minimum absolute atomic E-state index is 0.227. The summed E-state index contributed by atoms with van der Waals surface area (Å²) < 4.78 is 43.3. The molecule has 0 atom stereocenters. The summed E-state index contributed by atoms with van der Waals surface area (Å²) in [6.07, 6.45) is -1.91. The highest BCUT2D eigenvalue weighted by molar-refractivity contribution is 9.10. The molecule has 0 amide bonds. The Morgan fingerprint density at radius 3 is 2.48 bits per heavy atom. The molecule has 0 N–H and O–H groups in total. The molecule has 4 nitrogen and oxygen atoms in total. The first-order valence-electron chi connectivity index (χ1n) is 8.48. The normalized spacial score (nSPS) is 11.8. The van der Waals surface area contributed by atoms with Crippen LogP contribution >= 0.6 is 27.5 Å². The van der Waals surface area contributed by atoms with Crippen molar-refractivity contribution in [3.05, 3.63) is 81.9 Å². The van der Waals surface area contributed by atoms with Crippen LogP contribution in [-0.2, 0) is 6.18 Å². The molecule has 148 valence electrons. The van der Waals surface area contributed by atoms with Crippen LogP contribution in [0.4, 0.5) is 13.2 Å². The number of benzene rings is 2. The highest BCUT2D eigenvalue weighted by Gasteiger charge is 2.34. The number of halogens is 5. The Bertz CT molecular complexity index is 1200. The second-order valence-corrected chi connectivity index (χ2v) is 7.61. The molecule has 0 saturated heterocycles. The van der Waals surface area contributed by atoms with E-state index in [2.05, 4.69) is 26.0 Å². The van der Waals surface area contributed by atoms with Crippen molar-refractivity contribution < 1.29 is 13.2 Å². The van der Waals surface area contributed by atoms with Gasteiger partial charge in [-0.25, -0.2) is 9.67 Å². The third kappa shape index (κ3) is 3.70. The van der Waals surface area contributed by atoms with Gasteiger partial charge in [0.1, 0.15) is 5.82 Å². The van der Waals surface area contributed by atoms with Crippen LogP contribution in [0, 0.1) is 6.92 Å². The van der Waals surface area contributed by atoms with Crippen molar-refractivity contribution in [1.82, 2.24) is 19.3 Å². The van der Waals surface area contributed by atoms with Crippen LogP contribution in [0.25, 0.3) is 22.6 Å². The Morgan fingerprint density at radius 2 is 1.79 bits per heavy atom. The van der Waals surface area contributed by atoms with E-state index < -0.39 is 11.9 Å². The van der Waals surface area contributed by atoms with Crippen molar-refractivity contribution in [2.75, 3.05) is 0 Å². The summed E-state index contributed by atoms with van der Waals surface area (Å²) in [5.74, 6) is 0.227. The Labute approximate surface area is 177 Å². The molecule has 4 aromatic rings. The number of imidazole rings is 1. The van der Waals surface area contributed by atoms with Crippen LogP contribution in [-0.4, -0.2) is 19.3 Å². The smallest absolute Gasteiger partial charge is 0.303 e. The van der Waals surface area contributed by atoms with Crippen LogP contribution in [0.5, 0.6) is 0 Å². The first kappa shape index (κ1) is 19.7. The van der Waals surface area contributed by atoms with E-state index in [1.54, 1.807) is 35.1 Å². The summed E-state index contributed by atoms with van der Waals surface area (Å²) in [4.78, 5) is 3.68. The van der Waals surface area contributed by atoms with Gasteiger partial charge in [0.05, 0.1) is 28.3 Å². The Kier molecular flexibility index (Phi) is 5.00. The predicted molar refractivity (Wildman–Crippen MR) is 109 cm³/mol. The summed E-state index contributed by atoms with van der Waals surface area (Å²) in [5, 5.41) is 4.87. The molecule has 9 heteroatoms. The lowest BCUT2D eigenvalue weighted by Gasteiger charge is -2.15. The van der Waals surface area contributed by atoms with Gasteiger partial charge in [-0.3, -0.25) is 0 Å². The van der Waals surface area contributed by atoms with Crippen molar-refractivity contribution in [2.24, 2.45) is 0 Å². The number of aromatic nitrogens is 4. The number of nitrogens with zero attached hydrogens (tertiary/aromatic N) is 4. The molecule has 0 spiro atoms. The van der Waals surface area contributed by atoms with Gasteiger partial charge in [-0.1, -0.05) is 39.7 Å². The van der Waals surface area contributed by atoms with Crippen molar-refractivity contribution in [3.63, 3.8) is 0 Å². The van der Waals surface area contributed by atoms with Gasteiger partial charge < -0.3 is 4.57 Å². The van der Waals surface area contributed by atoms with E-state index in [9.17, 15) is 13.2 Å². The molecule has 0 aliphatic rings. The van der Waals surface area contributed by atoms with E-state index in [0.717, 1.165) is 10.7 Å². The third-order valence-corrected chi connectivity index (χ3v) is 5.20. The minimum Gasteiger partial charge on any atom is -0.303 e. The number of alkyl halides is 3. The number of para-hydroxylation sites is 1. The molecule has 0 aliphatic carbocycles. The quantitative estimate of drug-likeness (QED) is 0.336. The second-order valence-electron chi connectivity index (χ2n) is 6.28. The van der Waals surface area contributed by atoms with E-state index >= 15 is 0 Å². The molecule has 29 heavy (non-hydrogen) atoms. The zero-order valence-corrected chi connectivity index (χ0v) is 17.3. The lowest BCUT2D eigenvalue weighted by atomic mass is 10.1. The number of hydrogen-bond donors (Lipinski definition) is 0. The number of hydrogen-bond acceptors (Lipinski definition) is 2. The molecule has 0 aliphatic heterocycles. The highest BCUT2D eigenvalue weighted by atomic mass is 79.9. The highest BCUT2D eigenvalue weighted by Crippen LogP contribution is 2.35. The Hall–Kier alpha value is -2.58. The Balaban J connectivity index is 1.93. The monoisotopic (exact) mass is 480 g/mol. The van der Waals surface area contributed by atoms with Crippen molar-refractivity contribution in [1.29, 1.82) is 0 Å². The van der Waals surface area contributed by atoms with Gasteiger partial charge in [0.25, 0.3) is 0 Å². The lowest BCUT2D eigenvalue weighted by Crippen LogP contribution is -2.05. The molecule has 0 unspecified atom stereocenters. The van der Waals surface area contributed by atoms with Crippen LogP contribution in [0.1, 0.15) is 11.5 Å². The molecule has 4 rings (SSSR count). The summed E-state index contributed by atoms with van der Waals surface area (Å²) in [5.41, 5.74) is 1.62. The van der Waals surface area contributed by atoms with Crippen molar-refractivity contribution in [3.8, 4) is 22.6 Å². The fraction of sp³-hybridized carbons (Fsp3) is 0.100. The maximum Gasteiger partial charge on any atom is 0.434 e. The van der Waals surface area contributed by atoms with Gasteiger partial charge in [0.2, 0.25) is 0 Å². The molecular weight excluding hydrogens is 469 g/mol. The van der Waals surface area contributed by atoms with Crippen LogP contribution in [0.2, 0.25) is 5.02 Å². The van der Waals surface area contributed by atoms with Gasteiger partial charge in [-0.15, -0.1) is 0 Å². The van der Waals surface area contributed by atoms with Crippen molar-refractivity contribution in [2.45, 2.75) is 13.1 Å². The van der Waals surface area contributed by atoms with Crippen LogP contribution in [0.15, 0.2) is 65.4 Å². The van der Waals surface area contributed by atoms with E-state index in [1.807, 2.05) is 24.3 Å². The maximum absolute atomic E-state index is 13.2. The molecule has 2 aromatic carbocycles. The van der Waals surface area contributed by atoms with Gasteiger partial charge in [-0.05, 0) is 43.3 Å². The standard InChI is InChI=1S/C20H13BrClF3N4/c1-12-27-19(20(23,24)25)11-28(12)16-7-6-13(21)10-14(16)17-8-9-26-29(17)18-5-3-2-4-15(18)22/h2-11H,1H3. The first-order chi connectivity index (χ1) is 13.8. The van der Waals surface area contributed by atoms with Gasteiger partial charge >= 0.3 is 6.18 Å². The first-order valence-corrected chi connectivity index (χ1v) is 9.65. The zero-order chi connectivity index (χ0) is 20.8. The number of rotatable bonds is 3. The minimum atomic E-state index is -4.52. The fourth-order valence-corrected chi connectivity index (χ4v) is 3.68. The fourth-order valence-electron chi connectivity index (χ4n) is 3.10. The molecule has 2 aromatic heterocycles. The molecule has 0 fully saturated rings. The van der Waals surface area contributed by atoms with E-state index in [-0.39, 0.29) is 5.82 Å². The van der Waals surface area contributed by atoms with E-state index in [1.165, 1.54) is 11.5 Å². The van der Waals surface area contributed by atoms with Gasteiger partial charge in [0, 0.05) is 16.2 Å². The second kappa shape index (κ2) is 7.35. The van der Waals surface area contributed by atoms with Gasteiger partial charge in [0.15, 0.2) is 5.69 Å². The topological polar surface area (TPSA) is 35.6 Å². The van der Waals surface area contributed by atoms with Gasteiger partial charge in [-0.2, -0.15) is 18.3 Å². The average molecular weight is 482 g/mol. The summed E-state index contributed by atoms with van der Waals surface area (Å²) >= 11 is 9.78. The molecule has 0 bridgehead atoms. The largest absolute Gasteiger partial charge is 0.434 e. The average Bonchev–Trinajstić information content (AvgIpc) is 3.29. The summed E-state index contributed by atoms with van der Waals surface area (Å²) in [7, 11) is 0. The molecule has 0 radical (unpaired) electrons. The van der Waals surface area contributed by atoms with Crippen LogP contribution in [0.3, 0.4) is 0 Å². The summed E-state index contributed by atoms with van der Waals surface area (Å²) in [6.45, 7) is 1.53.